The van der Waals surface area contributed by atoms with Gasteiger partial charge in [-0.25, -0.2) is 13.1 Å². The third-order valence-electron chi connectivity index (χ3n) is 5.73. The molecule has 0 saturated carbocycles. The van der Waals surface area contributed by atoms with Gasteiger partial charge in [0.05, 0.1) is 17.2 Å². The van der Waals surface area contributed by atoms with Gasteiger partial charge in [0.1, 0.15) is 6.54 Å². The molecule has 1 aliphatic rings. The highest BCUT2D eigenvalue weighted by Gasteiger charge is 2.35. The Balaban J connectivity index is 1.61. The maximum absolute atomic E-state index is 13.2. The summed E-state index contributed by atoms with van der Waals surface area (Å²) < 4.78 is 25.1. The third kappa shape index (κ3) is 4.91. The fraction of sp³-hybridized carbons (Fsp3) is 0.375. The molecular weight excluding hydrogens is 426 g/mol. The second-order valence-electron chi connectivity index (χ2n) is 8.77. The van der Waals surface area contributed by atoms with Crippen LogP contribution in [0.5, 0.6) is 0 Å². The number of nitrogens with zero attached hydrogens (tertiary/aromatic N) is 3. The molecule has 0 aliphatic carbocycles. The molecule has 0 bridgehead atoms. The summed E-state index contributed by atoms with van der Waals surface area (Å²) in [6.45, 7) is 4.19. The first kappa shape index (κ1) is 22.2. The summed E-state index contributed by atoms with van der Waals surface area (Å²) in [5.41, 5.74) is 1.08. The minimum atomic E-state index is -3.13. The molecule has 0 unspecified atom stereocenters. The molecule has 1 fully saturated rings. The lowest BCUT2D eigenvalue weighted by Gasteiger charge is -2.30. The van der Waals surface area contributed by atoms with Gasteiger partial charge in [-0.1, -0.05) is 50.2 Å². The zero-order valence-electron chi connectivity index (χ0n) is 18.3. The van der Waals surface area contributed by atoms with Gasteiger partial charge in [0.25, 0.3) is 5.56 Å². The van der Waals surface area contributed by atoms with E-state index in [0.29, 0.717) is 18.7 Å². The van der Waals surface area contributed by atoms with Crippen molar-refractivity contribution in [3.63, 3.8) is 0 Å². The van der Waals surface area contributed by atoms with Crippen LogP contribution < -0.4 is 5.56 Å². The van der Waals surface area contributed by atoms with Crippen LogP contribution in [0.1, 0.15) is 20.3 Å². The highest BCUT2D eigenvalue weighted by atomic mass is 32.2. The molecule has 1 saturated heterocycles. The van der Waals surface area contributed by atoms with E-state index >= 15 is 0 Å². The van der Waals surface area contributed by atoms with Crippen molar-refractivity contribution in [2.24, 2.45) is 5.92 Å². The SMILES string of the molecule is CC(C)CN(C(=O)Cn1nc(-c2ccc3ccccc3c2)ccc1=O)[C@@H]1CCS(=O)(=O)C1. The van der Waals surface area contributed by atoms with Crippen LogP contribution in [-0.2, 0) is 21.2 Å². The Morgan fingerprint density at radius 2 is 1.88 bits per heavy atom. The summed E-state index contributed by atoms with van der Waals surface area (Å²) in [6.07, 6.45) is 0.431. The second-order valence-corrected chi connectivity index (χ2v) is 11.0. The van der Waals surface area contributed by atoms with Crippen molar-refractivity contribution < 1.29 is 13.2 Å². The fourth-order valence-corrected chi connectivity index (χ4v) is 5.88. The molecule has 2 aromatic carbocycles. The predicted octanol–water partition coefficient (Wildman–Crippen LogP) is 2.74. The maximum atomic E-state index is 13.2. The highest BCUT2D eigenvalue weighted by molar-refractivity contribution is 7.91. The smallest absolute Gasteiger partial charge is 0.267 e. The van der Waals surface area contributed by atoms with Gasteiger partial charge in [-0.3, -0.25) is 9.59 Å². The molecule has 1 atom stereocenters. The molecule has 1 amide bonds. The Hall–Kier alpha value is -3.00. The average Bonchev–Trinajstić information content (AvgIpc) is 3.12. The van der Waals surface area contributed by atoms with Crippen molar-refractivity contribution in [3.05, 3.63) is 65.0 Å². The summed E-state index contributed by atoms with van der Waals surface area (Å²) in [7, 11) is -3.13. The standard InChI is InChI=1S/C24H27N3O4S/c1-17(2)14-26(21-11-12-32(30,31)16-21)24(29)15-27-23(28)10-9-22(25-27)20-8-7-18-5-3-4-6-19(18)13-20/h3-10,13,17,21H,11-12,14-16H2,1-2H3/t21-/m1/s1. The highest BCUT2D eigenvalue weighted by Crippen LogP contribution is 2.23. The van der Waals surface area contributed by atoms with E-state index in [1.165, 1.54) is 10.7 Å². The first-order valence-electron chi connectivity index (χ1n) is 10.8. The van der Waals surface area contributed by atoms with Gasteiger partial charge in [-0.2, -0.15) is 5.10 Å². The summed E-state index contributed by atoms with van der Waals surface area (Å²) in [5.74, 6) is -0.0398. The normalized spacial score (nSPS) is 17.7. The van der Waals surface area contributed by atoms with E-state index in [0.717, 1.165) is 16.3 Å². The number of hydrogen-bond donors (Lipinski definition) is 0. The van der Waals surface area contributed by atoms with E-state index < -0.39 is 9.84 Å². The summed E-state index contributed by atoms with van der Waals surface area (Å²) in [6, 6.07) is 16.6. The van der Waals surface area contributed by atoms with E-state index in [-0.39, 0.29) is 41.5 Å². The Kier molecular flexibility index (Phi) is 6.15. The first-order chi connectivity index (χ1) is 15.2. The minimum absolute atomic E-state index is 0.0229. The van der Waals surface area contributed by atoms with Crippen LogP contribution in [0.3, 0.4) is 0 Å². The molecule has 8 heteroatoms. The summed E-state index contributed by atoms with van der Waals surface area (Å²) >= 11 is 0. The molecule has 32 heavy (non-hydrogen) atoms. The Morgan fingerprint density at radius 3 is 2.56 bits per heavy atom. The molecule has 0 radical (unpaired) electrons. The van der Waals surface area contributed by atoms with Crippen LogP contribution in [0.25, 0.3) is 22.0 Å². The number of carbonyl (C=O) groups excluding carboxylic acids is 1. The van der Waals surface area contributed by atoms with E-state index in [1.807, 2.05) is 56.3 Å². The van der Waals surface area contributed by atoms with Gasteiger partial charge < -0.3 is 4.90 Å². The molecule has 4 rings (SSSR count). The summed E-state index contributed by atoms with van der Waals surface area (Å²) in [5, 5.41) is 6.61. The van der Waals surface area contributed by atoms with Crippen LogP contribution in [0.2, 0.25) is 0 Å². The predicted molar refractivity (Wildman–Crippen MR) is 125 cm³/mol. The molecule has 3 aromatic rings. The van der Waals surface area contributed by atoms with Crippen molar-refractivity contribution in [3.8, 4) is 11.3 Å². The number of aromatic nitrogens is 2. The lowest BCUT2D eigenvalue weighted by Crippen LogP contribution is -2.46. The fourth-order valence-electron chi connectivity index (χ4n) is 4.15. The Morgan fingerprint density at radius 1 is 1.12 bits per heavy atom. The van der Waals surface area contributed by atoms with Crippen LogP contribution in [0.15, 0.2) is 59.4 Å². The van der Waals surface area contributed by atoms with Crippen molar-refractivity contribution in [2.45, 2.75) is 32.9 Å². The van der Waals surface area contributed by atoms with Gasteiger partial charge in [0, 0.05) is 24.2 Å². The number of fused-ring (bicyclic) bond motifs is 1. The number of carbonyl (C=O) groups is 1. The topological polar surface area (TPSA) is 89.3 Å². The van der Waals surface area contributed by atoms with Gasteiger partial charge >= 0.3 is 0 Å². The van der Waals surface area contributed by atoms with E-state index in [9.17, 15) is 18.0 Å². The number of sulfone groups is 1. The monoisotopic (exact) mass is 453 g/mol. The molecule has 1 aliphatic heterocycles. The molecule has 168 valence electrons. The van der Waals surface area contributed by atoms with Crippen molar-refractivity contribution >= 4 is 26.5 Å². The van der Waals surface area contributed by atoms with Gasteiger partial charge in [-0.05, 0) is 35.2 Å². The van der Waals surface area contributed by atoms with Crippen LogP contribution in [-0.4, -0.2) is 53.1 Å². The van der Waals surface area contributed by atoms with E-state index in [4.69, 9.17) is 0 Å². The zero-order valence-corrected chi connectivity index (χ0v) is 19.1. The first-order valence-corrected chi connectivity index (χ1v) is 12.6. The van der Waals surface area contributed by atoms with Gasteiger partial charge in [-0.15, -0.1) is 0 Å². The molecule has 7 nitrogen and oxygen atoms in total. The lowest BCUT2D eigenvalue weighted by atomic mass is 10.1. The minimum Gasteiger partial charge on any atom is -0.337 e. The molecule has 0 N–H and O–H groups in total. The molecule has 1 aromatic heterocycles. The second kappa shape index (κ2) is 8.86. The molecule has 2 heterocycles. The Labute approximate surface area is 187 Å². The van der Waals surface area contributed by atoms with Crippen molar-refractivity contribution in [1.29, 1.82) is 0 Å². The number of hydrogen-bond acceptors (Lipinski definition) is 5. The van der Waals surface area contributed by atoms with Crippen LogP contribution in [0, 0.1) is 5.92 Å². The zero-order chi connectivity index (χ0) is 22.9. The van der Waals surface area contributed by atoms with E-state index in [2.05, 4.69) is 5.10 Å². The Bertz CT molecular complexity index is 1310. The quantitative estimate of drug-likeness (QED) is 0.573. The number of amides is 1. The average molecular weight is 454 g/mol. The maximum Gasteiger partial charge on any atom is 0.267 e. The number of benzene rings is 2. The van der Waals surface area contributed by atoms with Gasteiger partial charge in [0.2, 0.25) is 5.91 Å². The summed E-state index contributed by atoms with van der Waals surface area (Å²) in [4.78, 5) is 27.2. The molecule has 0 spiro atoms. The third-order valence-corrected chi connectivity index (χ3v) is 7.48. The molecular formula is C24H27N3O4S. The van der Waals surface area contributed by atoms with Crippen LogP contribution >= 0.6 is 0 Å². The van der Waals surface area contributed by atoms with E-state index in [1.54, 1.807) is 11.0 Å². The lowest BCUT2D eigenvalue weighted by molar-refractivity contribution is -0.134. The van der Waals surface area contributed by atoms with Crippen molar-refractivity contribution in [1.82, 2.24) is 14.7 Å². The van der Waals surface area contributed by atoms with Crippen molar-refractivity contribution in [2.75, 3.05) is 18.1 Å². The number of rotatable bonds is 6. The largest absolute Gasteiger partial charge is 0.337 e. The van der Waals surface area contributed by atoms with Gasteiger partial charge in [0.15, 0.2) is 9.84 Å². The van der Waals surface area contributed by atoms with Crippen LogP contribution in [0.4, 0.5) is 0 Å².